The predicted octanol–water partition coefficient (Wildman–Crippen LogP) is 1.70. The van der Waals surface area contributed by atoms with Gasteiger partial charge in [0.15, 0.2) is 10.8 Å². The van der Waals surface area contributed by atoms with Crippen LogP contribution in [0.2, 0.25) is 0 Å². The number of anilines is 2. The number of nitrogen functional groups attached to an aromatic ring is 1. The number of benzene rings is 1. The largest absolute Gasteiger partial charge is 0.381 e. The molecule has 0 fully saturated rings. The third-order valence-electron chi connectivity index (χ3n) is 2.34. The summed E-state index contributed by atoms with van der Waals surface area (Å²) >= 11 is 3.08. The molecule has 0 saturated carbocycles. The maximum absolute atomic E-state index is 12.9. The van der Waals surface area contributed by atoms with Crippen LogP contribution in [0.25, 0.3) is 0 Å². The van der Waals surface area contributed by atoms with Crippen LogP contribution in [0.15, 0.2) is 34.0 Å². The predicted molar refractivity (Wildman–Crippen MR) is 72.5 cm³/mol. The molecule has 0 bridgehead atoms. The molecular weight excluding hydrogens is 339 g/mol. The molecule has 0 aliphatic rings. The second-order valence-electron chi connectivity index (χ2n) is 3.78. The maximum atomic E-state index is 12.9. The number of aryl methyl sites for hydroxylation is 1. The zero-order valence-electron chi connectivity index (χ0n) is 9.76. The van der Waals surface area contributed by atoms with Gasteiger partial charge >= 0.3 is 0 Å². The number of halogens is 2. The number of hydrogen-bond acceptors (Lipinski definition) is 4. The van der Waals surface area contributed by atoms with Crippen LogP contribution in [-0.2, 0) is 17.1 Å². The topological polar surface area (TPSA) is 90.0 Å². The monoisotopic (exact) mass is 348 g/mol. The molecule has 0 aliphatic carbocycles. The fraction of sp³-hybridized carbons (Fsp3) is 0.100. The first kappa shape index (κ1) is 13.8. The second kappa shape index (κ2) is 4.82. The number of sulfonamides is 1. The van der Waals surface area contributed by atoms with Crippen molar-refractivity contribution < 1.29 is 12.8 Å². The summed E-state index contributed by atoms with van der Waals surface area (Å²) in [5.41, 5.74) is 5.73. The van der Waals surface area contributed by atoms with Crippen LogP contribution in [-0.4, -0.2) is 18.0 Å². The lowest BCUT2D eigenvalue weighted by atomic mass is 10.3. The number of nitrogens with zero attached hydrogens (tertiary/aromatic N) is 2. The van der Waals surface area contributed by atoms with Gasteiger partial charge in [-0.1, -0.05) is 0 Å². The molecule has 0 amide bonds. The normalized spacial score (nSPS) is 11.5. The number of imidazole rings is 1. The third kappa shape index (κ3) is 2.71. The van der Waals surface area contributed by atoms with E-state index < -0.39 is 15.8 Å². The molecule has 1 aromatic heterocycles. The molecule has 6 nitrogen and oxygen atoms in total. The summed E-state index contributed by atoms with van der Waals surface area (Å²) in [7, 11) is -2.38. The van der Waals surface area contributed by atoms with Gasteiger partial charge in [-0.05, 0) is 34.1 Å². The molecule has 0 saturated heterocycles. The van der Waals surface area contributed by atoms with Crippen molar-refractivity contribution in [1.82, 2.24) is 9.55 Å². The molecule has 1 aromatic carbocycles. The molecule has 0 unspecified atom stereocenters. The Morgan fingerprint density at radius 1 is 1.47 bits per heavy atom. The molecule has 3 N–H and O–H groups in total. The van der Waals surface area contributed by atoms with E-state index in [0.717, 1.165) is 12.1 Å². The Morgan fingerprint density at radius 3 is 2.68 bits per heavy atom. The quantitative estimate of drug-likeness (QED) is 0.883. The van der Waals surface area contributed by atoms with Gasteiger partial charge in [-0.2, -0.15) is 8.42 Å². The Bertz CT molecular complexity index is 710. The SMILES string of the molecule is Cn1cnc(N)c1S(=O)(=O)Nc1ccc(F)cc1Br. The lowest BCUT2D eigenvalue weighted by molar-refractivity contribution is 0.591. The average molecular weight is 349 g/mol. The van der Waals surface area contributed by atoms with Crippen molar-refractivity contribution in [1.29, 1.82) is 0 Å². The van der Waals surface area contributed by atoms with E-state index in [1.54, 1.807) is 0 Å². The smallest absolute Gasteiger partial charge is 0.281 e. The zero-order valence-corrected chi connectivity index (χ0v) is 12.2. The summed E-state index contributed by atoms with van der Waals surface area (Å²) in [5, 5.41) is -0.149. The van der Waals surface area contributed by atoms with Crippen molar-refractivity contribution >= 4 is 37.5 Å². The van der Waals surface area contributed by atoms with Crippen LogP contribution in [0, 0.1) is 5.82 Å². The van der Waals surface area contributed by atoms with Gasteiger partial charge < -0.3 is 10.3 Å². The molecule has 1 heterocycles. The molecule has 19 heavy (non-hydrogen) atoms. The highest BCUT2D eigenvalue weighted by molar-refractivity contribution is 9.10. The number of rotatable bonds is 3. The molecule has 2 aromatic rings. The molecule has 0 radical (unpaired) electrons. The number of nitrogens with two attached hydrogens (primary N) is 1. The Balaban J connectivity index is 2.42. The van der Waals surface area contributed by atoms with E-state index in [2.05, 4.69) is 25.6 Å². The van der Waals surface area contributed by atoms with Crippen molar-refractivity contribution in [2.45, 2.75) is 5.03 Å². The van der Waals surface area contributed by atoms with Crippen molar-refractivity contribution in [2.75, 3.05) is 10.5 Å². The summed E-state index contributed by atoms with van der Waals surface area (Å²) in [6.45, 7) is 0. The van der Waals surface area contributed by atoms with Crippen LogP contribution in [0.4, 0.5) is 15.9 Å². The minimum atomic E-state index is -3.89. The molecular formula is C10H10BrFN4O2S. The van der Waals surface area contributed by atoms with Gasteiger partial charge in [0.2, 0.25) is 0 Å². The van der Waals surface area contributed by atoms with Crippen molar-refractivity contribution in [3.63, 3.8) is 0 Å². The van der Waals surface area contributed by atoms with E-state index in [9.17, 15) is 12.8 Å². The van der Waals surface area contributed by atoms with Gasteiger partial charge in [0, 0.05) is 11.5 Å². The Morgan fingerprint density at radius 2 is 2.16 bits per heavy atom. The van der Waals surface area contributed by atoms with Gasteiger partial charge in [-0.15, -0.1) is 0 Å². The van der Waals surface area contributed by atoms with E-state index in [4.69, 9.17) is 5.73 Å². The van der Waals surface area contributed by atoms with Crippen molar-refractivity contribution in [2.24, 2.45) is 7.05 Å². The van der Waals surface area contributed by atoms with Gasteiger partial charge in [-0.3, -0.25) is 4.72 Å². The summed E-state index contributed by atoms with van der Waals surface area (Å²) in [6.07, 6.45) is 1.30. The van der Waals surface area contributed by atoms with E-state index in [-0.39, 0.29) is 21.0 Å². The average Bonchev–Trinajstić information content (AvgIpc) is 2.63. The van der Waals surface area contributed by atoms with Gasteiger partial charge in [0.05, 0.1) is 12.0 Å². The highest BCUT2D eigenvalue weighted by Gasteiger charge is 2.23. The van der Waals surface area contributed by atoms with Gasteiger partial charge in [0.25, 0.3) is 10.0 Å². The second-order valence-corrected chi connectivity index (χ2v) is 6.23. The highest BCUT2D eigenvalue weighted by Crippen LogP contribution is 2.26. The first-order valence-corrected chi connectivity index (χ1v) is 7.33. The van der Waals surface area contributed by atoms with Crippen LogP contribution in [0.5, 0.6) is 0 Å². The lowest BCUT2D eigenvalue weighted by Gasteiger charge is -2.10. The molecule has 2 rings (SSSR count). The van der Waals surface area contributed by atoms with Crippen LogP contribution < -0.4 is 10.5 Å². The molecule has 0 atom stereocenters. The first-order valence-electron chi connectivity index (χ1n) is 5.06. The fourth-order valence-corrected chi connectivity index (χ4v) is 3.43. The number of hydrogen-bond donors (Lipinski definition) is 2. The van der Waals surface area contributed by atoms with E-state index in [0.29, 0.717) is 0 Å². The number of aromatic nitrogens is 2. The van der Waals surface area contributed by atoms with E-state index in [1.807, 2.05) is 0 Å². The van der Waals surface area contributed by atoms with E-state index >= 15 is 0 Å². The van der Waals surface area contributed by atoms with Gasteiger partial charge in [-0.25, -0.2) is 9.37 Å². The first-order chi connectivity index (χ1) is 8.81. The zero-order chi connectivity index (χ0) is 14.2. The molecule has 0 spiro atoms. The van der Waals surface area contributed by atoms with Crippen molar-refractivity contribution in [3.05, 3.63) is 34.8 Å². The van der Waals surface area contributed by atoms with Crippen LogP contribution in [0.3, 0.4) is 0 Å². The summed E-state index contributed by atoms with van der Waals surface area (Å²) in [4.78, 5) is 3.71. The summed E-state index contributed by atoms with van der Waals surface area (Å²) in [6, 6.07) is 3.61. The molecule has 9 heteroatoms. The molecule has 102 valence electrons. The summed E-state index contributed by atoms with van der Waals surface area (Å²) < 4.78 is 41.2. The third-order valence-corrected chi connectivity index (χ3v) is 4.49. The Kier molecular flexibility index (Phi) is 3.50. The van der Waals surface area contributed by atoms with Crippen LogP contribution in [0.1, 0.15) is 0 Å². The van der Waals surface area contributed by atoms with E-state index in [1.165, 1.54) is 24.0 Å². The minimum absolute atomic E-state index is 0.103. The molecule has 0 aliphatic heterocycles. The fourth-order valence-electron chi connectivity index (χ4n) is 1.53. The maximum Gasteiger partial charge on any atom is 0.281 e. The van der Waals surface area contributed by atoms with Crippen molar-refractivity contribution in [3.8, 4) is 0 Å². The standard InChI is InChI=1S/C10H10BrFN4O2S/c1-16-5-14-9(13)10(16)19(17,18)15-8-3-2-6(12)4-7(8)11/h2-5,15H,13H2,1H3. The summed E-state index contributed by atoms with van der Waals surface area (Å²) in [5.74, 6) is -0.580. The van der Waals surface area contributed by atoms with Crippen LogP contribution >= 0.6 is 15.9 Å². The number of nitrogens with one attached hydrogen (secondary N) is 1. The Labute approximate surface area is 117 Å². The lowest BCUT2D eigenvalue weighted by Crippen LogP contribution is -2.17. The highest BCUT2D eigenvalue weighted by atomic mass is 79.9. The minimum Gasteiger partial charge on any atom is -0.381 e. The van der Waals surface area contributed by atoms with Gasteiger partial charge in [0.1, 0.15) is 5.82 Å². The Hall–Kier alpha value is -1.61.